The zero-order valence-electron chi connectivity index (χ0n) is 21.1. The number of likely N-dealkylation sites (tertiary alicyclic amines) is 1. The number of nitrogens with one attached hydrogen (secondary N) is 2. The number of fused-ring (bicyclic) bond motifs is 1. The van der Waals surface area contributed by atoms with Crippen molar-refractivity contribution in [3.8, 4) is 6.07 Å². The summed E-state index contributed by atoms with van der Waals surface area (Å²) in [5.74, 6) is 0.597. The molecule has 3 amide bonds. The van der Waals surface area contributed by atoms with Crippen molar-refractivity contribution in [2.45, 2.75) is 44.4 Å². The number of aldehydes is 1. The van der Waals surface area contributed by atoms with Crippen molar-refractivity contribution in [3.63, 3.8) is 0 Å². The Bertz CT molecular complexity index is 1290. The van der Waals surface area contributed by atoms with Gasteiger partial charge in [-0.25, -0.2) is 14.8 Å². The Morgan fingerprint density at radius 2 is 2.21 bits per heavy atom. The van der Waals surface area contributed by atoms with E-state index in [1.807, 2.05) is 6.07 Å². The number of anilines is 3. The molecule has 2 unspecified atom stereocenters. The van der Waals surface area contributed by atoms with Crippen LogP contribution in [0.3, 0.4) is 0 Å². The summed E-state index contributed by atoms with van der Waals surface area (Å²) in [6, 6.07) is 5.26. The van der Waals surface area contributed by atoms with E-state index in [2.05, 4.69) is 26.7 Å². The van der Waals surface area contributed by atoms with Gasteiger partial charge < -0.3 is 19.7 Å². The number of hydrogen-bond donors (Lipinski definition) is 2. The Labute approximate surface area is 219 Å². The fourth-order valence-electron chi connectivity index (χ4n) is 5.05. The molecule has 0 aliphatic carbocycles. The van der Waals surface area contributed by atoms with Gasteiger partial charge in [-0.3, -0.25) is 19.8 Å². The first-order chi connectivity index (χ1) is 18.5. The molecule has 0 bridgehead atoms. The van der Waals surface area contributed by atoms with E-state index in [4.69, 9.17) is 9.47 Å². The molecule has 0 aromatic carbocycles. The molecule has 3 aliphatic rings. The Morgan fingerprint density at radius 1 is 1.34 bits per heavy atom. The largest absolute Gasteiger partial charge is 0.379 e. The Balaban J connectivity index is 1.34. The summed E-state index contributed by atoms with van der Waals surface area (Å²) in [6.45, 7) is 2.43. The van der Waals surface area contributed by atoms with Gasteiger partial charge in [0.25, 0.3) is 5.91 Å². The lowest BCUT2D eigenvalue weighted by Crippen LogP contribution is -2.40. The van der Waals surface area contributed by atoms with E-state index in [9.17, 15) is 19.6 Å². The number of carbonyl (C=O) groups excluding carboxylic acids is 3. The second-order valence-corrected chi connectivity index (χ2v) is 9.52. The van der Waals surface area contributed by atoms with Gasteiger partial charge in [0.15, 0.2) is 6.29 Å². The summed E-state index contributed by atoms with van der Waals surface area (Å²) in [5.41, 5.74) is 2.62. The topological polar surface area (TPSA) is 150 Å². The lowest BCUT2D eigenvalue weighted by molar-refractivity contribution is -0.136. The average Bonchev–Trinajstić information content (AvgIpc) is 3.57. The van der Waals surface area contributed by atoms with Crippen LogP contribution in [-0.4, -0.2) is 78.7 Å². The molecule has 198 valence electrons. The van der Waals surface area contributed by atoms with E-state index in [-0.39, 0.29) is 30.0 Å². The molecule has 5 heterocycles. The number of aromatic nitrogens is 2. The van der Waals surface area contributed by atoms with Crippen molar-refractivity contribution in [2.24, 2.45) is 0 Å². The summed E-state index contributed by atoms with van der Waals surface area (Å²) >= 11 is 0. The van der Waals surface area contributed by atoms with Gasteiger partial charge in [0.05, 0.1) is 23.9 Å². The molecule has 2 fully saturated rings. The Hall–Kier alpha value is -4.08. The molecule has 5 rings (SSSR count). The molecule has 0 saturated carbocycles. The molecular formula is C26H29N7O5. The molecule has 0 radical (unpaired) electrons. The maximum absolute atomic E-state index is 13.3. The zero-order chi connectivity index (χ0) is 26.6. The average molecular weight is 520 g/mol. The quantitative estimate of drug-likeness (QED) is 0.524. The van der Waals surface area contributed by atoms with E-state index in [1.54, 1.807) is 11.0 Å². The number of nitriles is 1. The maximum atomic E-state index is 13.3. The molecule has 2 aromatic rings. The zero-order valence-corrected chi connectivity index (χ0v) is 21.1. The van der Waals surface area contributed by atoms with E-state index in [0.29, 0.717) is 74.5 Å². The van der Waals surface area contributed by atoms with Gasteiger partial charge in [-0.2, -0.15) is 5.26 Å². The molecule has 0 spiro atoms. The summed E-state index contributed by atoms with van der Waals surface area (Å²) in [7, 11) is 1.51. The van der Waals surface area contributed by atoms with Crippen LogP contribution in [0, 0.1) is 11.3 Å². The third-order valence-corrected chi connectivity index (χ3v) is 7.07. The van der Waals surface area contributed by atoms with Gasteiger partial charge in [0.1, 0.15) is 29.5 Å². The number of ether oxygens (including phenoxy) is 2. The summed E-state index contributed by atoms with van der Waals surface area (Å²) in [5, 5.41) is 15.5. The number of nitrogens with zero attached hydrogens (tertiary/aromatic N) is 5. The van der Waals surface area contributed by atoms with Gasteiger partial charge in [-0.05, 0) is 30.9 Å². The highest BCUT2D eigenvalue weighted by Crippen LogP contribution is 2.29. The number of methoxy groups -OCH3 is 1. The minimum Gasteiger partial charge on any atom is -0.379 e. The fourth-order valence-corrected chi connectivity index (χ4v) is 5.05. The molecule has 12 nitrogen and oxygen atoms in total. The van der Waals surface area contributed by atoms with E-state index >= 15 is 0 Å². The smallest absolute Gasteiger partial charge is 0.328 e. The van der Waals surface area contributed by atoms with Crippen LogP contribution >= 0.6 is 0 Å². The first-order valence-electron chi connectivity index (χ1n) is 12.6. The second kappa shape index (κ2) is 11.1. The Kier molecular flexibility index (Phi) is 7.48. The van der Waals surface area contributed by atoms with Gasteiger partial charge >= 0.3 is 6.03 Å². The number of carbonyl (C=O) groups is 3. The number of hydrogen-bond acceptors (Lipinski definition) is 9. The number of rotatable bonds is 7. The molecule has 3 aliphatic heterocycles. The van der Waals surface area contributed by atoms with Gasteiger partial charge in [-0.1, -0.05) is 0 Å². The molecule has 2 N–H and O–H groups in total. The molecule has 12 heteroatoms. The first-order valence-corrected chi connectivity index (χ1v) is 12.6. The van der Waals surface area contributed by atoms with Crippen LogP contribution in [0.4, 0.5) is 22.1 Å². The van der Waals surface area contributed by atoms with Crippen LogP contribution in [-0.2, 0) is 27.2 Å². The van der Waals surface area contributed by atoms with Crippen molar-refractivity contribution in [2.75, 3.05) is 48.9 Å². The van der Waals surface area contributed by atoms with Crippen molar-refractivity contribution in [1.29, 1.82) is 5.26 Å². The summed E-state index contributed by atoms with van der Waals surface area (Å²) in [6.07, 6.45) is 4.45. The summed E-state index contributed by atoms with van der Waals surface area (Å²) < 4.78 is 10.6. The van der Waals surface area contributed by atoms with Crippen LogP contribution < -0.4 is 15.5 Å². The minimum atomic E-state index is -0.461. The highest BCUT2D eigenvalue weighted by atomic mass is 16.5. The highest BCUT2D eigenvalue weighted by Gasteiger charge is 2.33. The number of urea groups is 1. The SMILES string of the molecule is COC1CCN(Cc2cc3c(nc2C=O)N(C(=O)Nc2cc(NC4CCOC4)c(C#N)cn2)CCC3)C1=O. The number of pyridine rings is 2. The van der Waals surface area contributed by atoms with E-state index in [1.165, 1.54) is 18.2 Å². The molecule has 38 heavy (non-hydrogen) atoms. The van der Waals surface area contributed by atoms with E-state index < -0.39 is 12.1 Å². The predicted octanol–water partition coefficient (Wildman–Crippen LogP) is 2.09. The first kappa shape index (κ1) is 25.6. The van der Waals surface area contributed by atoms with E-state index in [0.717, 1.165) is 12.0 Å². The lowest BCUT2D eigenvalue weighted by Gasteiger charge is -2.29. The molecule has 2 aromatic heterocycles. The molecular weight excluding hydrogens is 490 g/mol. The van der Waals surface area contributed by atoms with Crippen molar-refractivity contribution in [1.82, 2.24) is 14.9 Å². The number of amides is 3. The Morgan fingerprint density at radius 3 is 2.92 bits per heavy atom. The summed E-state index contributed by atoms with van der Waals surface area (Å²) in [4.78, 5) is 49.6. The van der Waals surface area contributed by atoms with Crippen LogP contribution in [0.2, 0.25) is 0 Å². The maximum Gasteiger partial charge on any atom is 0.328 e. The fraction of sp³-hybridized carbons (Fsp3) is 0.462. The van der Waals surface area contributed by atoms with Crippen molar-refractivity contribution < 1.29 is 23.9 Å². The van der Waals surface area contributed by atoms with Crippen LogP contribution in [0.25, 0.3) is 0 Å². The third kappa shape index (κ3) is 5.16. The monoisotopic (exact) mass is 519 g/mol. The van der Waals surface area contributed by atoms with Crippen LogP contribution in [0.5, 0.6) is 0 Å². The van der Waals surface area contributed by atoms with Gasteiger partial charge in [0, 0.05) is 57.6 Å². The highest BCUT2D eigenvalue weighted by molar-refractivity contribution is 6.02. The van der Waals surface area contributed by atoms with Gasteiger partial charge in [0.2, 0.25) is 0 Å². The normalized spacial score (nSPS) is 20.7. The lowest BCUT2D eigenvalue weighted by atomic mass is 10.0. The number of aryl methyl sites for hydroxylation is 1. The van der Waals surface area contributed by atoms with Crippen LogP contribution in [0.15, 0.2) is 18.3 Å². The minimum absolute atomic E-state index is 0.0819. The predicted molar refractivity (Wildman–Crippen MR) is 137 cm³/mol. The standard InChI is InChI=1S/C26H29N7O5/c1-37-22-4-7-32(25(22)35)13-17-9-16-3-2-6-33(24(16)30-21(17)14-34)26(36)31-23-10-20(18(11-27)12-28-23)29-19-5-8-38-15-19/h9-10,12,14,19,22H,2-8,13,15H2,1H3,(H2,28,29,31,36). The van der Waals surface area contributed by atoms with Crippen molar-refractivity contribution in [3.05, 3.63) is 40.7 Å². The molecule has 2 saturated heterocycles. The molecule has 2 atom stereocenters. The second-order valence-electron chi connectivity index (χ2n) is 9.52. The third-order valence-electron chi connectivity index (χ3n) is 7.07. The van der Waals surface area contributed by atoms with Gasteiger partial charge in [-0.15, -0.1) is 0 Å². The van der Waals surface area contributed by atoms with Crippen molar-refractivity contribution >= 4 is 35.5 Å². The van der Waals surface area contributed by atoms with Crippen LogP contribution in [0.1, 0.15) is 46.4 Å².